The maximum Gasteiger partial charge on any atom is 0.150 e. The van der Waals surface area contributed by atoms with E-state index in [1.807, 2.05) is 0 Å². The van der Waals surface area contributed by atoms with Gasteiger partial charge in [-0.3, -0.25) is 4.79 Å². The van der Waals surface area contributed by atoms with Gasteiger partial charge in [0.05, 0.1) is 11.5 Å². The van der Waals surface area contributed by atoms with Crippen LogP contribution in [0.3, 0.4) is 0 Å². The van der Waals surface area contributed by atoms with Crippen molar-refractivity contribution in [3.63, 3.8) is 0 Å². The molecule has 0 N–H and O–H groups in total. The van der Waals surface area contributed by atoms with Gasteiger partial charge in [-0.25, -0.2) is 12.8 Å². The third kappa shape index (κ3) is 4.01. The van der Waals surface area contributed by atoms with Crippen molar-refractivity contribution in [2.45, 2.75) is 19.3 Å². The number of hydrogen-bond donors (Lipinski definition) is 0. The second-order valence-corrected chi connectivity index (χ2v) is 7.56. The van der Waals surface area contributed by atoms with Crippen LogP contribution in [0.1, 0.15) is 18.4 Å². The Morgan fingerprint density at radius 3 is 2.79 bits per heavy atom. The van der Waals surface area contributed by atoms with E-state index in [4.69, 9.17) is 11.6 Å². The highest BCUT2D eigenvalue weighted by molar-refractivity contribution is 7.91. The number of carbonyl (C=O) groups excluding carboxylic acids is 1. The molecule has 1 heterocycles. The Kier molecular flexibility index (Phi) is 4.26. The molecule has 0 aliphatic carbocycles. The van der Waals surface area contributed by atoms with Gasteiger partial charge in [0.15, 0.2) is 9.84 Å². The molecule has 1 saturated heterocycles. The Morgan fingerprint density at radius 1 is 1.42 bits per heavy atom. The van der Waals surface area contributed by atoms with Gasteiger partial charge in [0.25, 0.3) is 0 Å². The van der Waals surface area contributed by atoms with Crippen molar-refractivity contribution in [2.75, 3.05) is 11.5 Å². The lowest BCUT2D eigenvalue weighted by molar-refractivity contribution is -0.119. The van der Waals surface area contributed by atoms with Crippen LogP contribution >= 0.6 is 11.6 Å². The highest BCUT2D eigenvalue weighted by Gasteiger charge is 2.29. The standard InChI is InChI=1S/C13H14ClFO3S/c14-13-2-1-11(15)6-10(13)7-12(16)5-9-3-4-19(17,18)8-9/h1-2,6,9H,3-5,7-8H2. The van der Waals surface area contributed by atoms with Gasteiger partial charge in [0, 0.05) is 17.9 Å². The van der Waals surface area contributed by atoms with Crippen molar-refractivity contribution in [3.05, 3.63) is 34.6 Å². The molecule has 1 atom stereocenters. The molecule has 1 aromatic carbocycles. The second kappa shape index (κ2) is 5.59. The molecule has 1 unspecified atom stereocenters. The van der Waals surface area contributed by atoms with Crippen LogP contribution < -0.4 is 0 Å². The fourth-order valence-corrected chi connectivity index (χ4v) is 4.36. The Hall–Kier alpha value is -0.940. The summed E-state index contributed by atoms with van der Waals surface area (Å²) >= 11 is 5.89. The van der Waals surface area contributed by atoms with Gasteiger partial charge in [-0.05, 0) is 36.1 Å². The molecule has 0 saturated carbocycles. The van der Waals surface area contributed by atoms with Crippen LogP contribution in [0.2, 0.25) is 5.02 Å². The summed E-state index contributed by atoms with van der Waals surface area (Å²) in [6.07, 6.45) is 0.796. The van der Waals surface area contributed by atoms with E-state index in [0.717, 1.165) is 0 Å². The zero-order chi connectivity index (χ0) is 14.0. The topological polar surface area (TPSA) is 51.2 Å². The molecule has 19 heavy (non-hydrogen) atoms. The Morgan fingerprint density at radius 2 is 2.16 bits per heavy atom. The van der Waals surface area contributed by atoms with Gasteiger partial charge in [-0.2, -0.15) is 0 Å². The van der Waals surface area contributed by atoms with Gasteiger partial charge in [0.2, 0.25) is 0 Å². The molecule has 1 aromatic rings. The summed E-state index contributed by atoms with van der Waals surface area (Å²) in [6.45, 7) is 0. The quantitative estimate of drug-likeness (QED) is 0.858. The van der Waals surface area contributed by atoms with E-state index in [2.05, 4.69) is 0 Å². The smallest absolute Gasteiger partial charge is 0.150 e. The molecule has 2 rings (SSSR count). The third-order valence-corrected chi connectivity index (χ3v) is 5.44. The number of hydrogen-bond acceptors (Lipinski definition) is 3. The van der Waals surface area contributed by atoms with Crippen LogP contribution in [0.15, 0.2) is 18.2 Å². The maximum atomic E-state index is 13.1. The number of ketones is 1. The minimum atomic E-state index is -2.97. The van der Waals surface area contributed by atoms with Crippen LogP contribution in [-0.2, 0) is 21.1 Å². The van der Waals surface area contributed by atoms with Crippen LogP contribution in [-0.4, -0.2) is 25.7 Å². The summed E-state index contributed by atoms with van der Waals surface area (Å²) in [5.74, 6) is -0.406. The fraction of sp³-hybridized carbons (Fsp3) is 0.462. The van der Waals surface area contributed by atoms with Crippen molar-refractivity contribution in [3.8, 4) is 0 Å². The number of rotatable bonds is 4. The third-order valence-electron chi connectivity index (χ3n) is 3.24. The predicted octanol–water partition coefficient (Wildman–Crippen LogP) is 2.42. The fourth-order valence-electron chi connectivity index (χ4n) is 2.32. The number of halogens is 2. The van der Waals surface area contributed by atoms with E-state index in [9.17, 15) is 17.6 Å². The zero-order valence-corrected chi connectivity index (χ0v) is 11.8. The molecule has 1 aliphatic heterocycles. The van der Waals surface area contributed by atoms with Gasteiger partial charge in [0.1, 0.15) is 11.6 Å². The first-order chi connectivity index (χ1) is 8.85. The number of benzene rings is 1. The van der Waals surface area contributed by atoms with E-state index in [1.54, 1.807) is 0 Å². The minimum Gasteiger partial charge on any atom is -0.299 e. The van der Waals surface area contributed by atoms with Gasteiger partial charge >= 0.3 is 0 Å². The first-order valence-electron chi connectivity index (χ1n) is 6.02. The first-order valence-corrected chi connectivity index (χ1v) is 8.22. The molecule has 3 nitrogen and oxygen atoms in total. The monoisotopic (exact) mass is 304 g/mol. The van der Waals surface area contributed by atoms with E-state index in [0.29, 0.717) is 17.0 Å². The summed E-state index contributed by atoms with van der Waals surface area (Å²) in [7, 11) is -2.97. The minimum absolute atomic E-state index is 0.0488. The molecule has 104 valence electrons. The number of Topliss-reactive ketones (excluding diaryl/α,β-unsaturated/α-hetero) is 1. The average molecular weight is 305 g/mol. The Balaban J connectivity index is 1.97. The molecule has 0 radical (unpaired) electrons. The zero-order valence-electron chi connectivity index (χ0n) is 10.2. The highest BCUT2D eigenvalue weighted by Crippen LogP contribution is 2.24. The van der Waals surface area contributed by atoms with Crippen LogP contribution in [0.25, 0.3) is 0 Å². The highest BCUT2D eigenvalue weighted by atomic mass is 35.5. The lowest BCUT2D eigenvalue weighted by Crippen LogP contribution is -2.12. The van der Waals surface area contributed by atoms with Gasteiger partial charge < -0.3 is 0 Å². The predicted molar refractivity (Wildman–Crippen MR) is 71.5 cm³/mol. The summed E-state index contributed by atoms with van der Waals surface area (Å²) in [6, 6.07) is 3.89. The first kappa shape index (κ1) is 14.5. The molecular weight excluding hydrogens is 291 g/mol. The van der Waals surface area contributed by atoms with Crippen molar-refractivity contribution < 1.29 is 17.6 Å². The number of carbonyl (C=O) groups is 1. The van der Waals surface area contributed by atoms with Crippen LogP contribution in [0, 0.1) is 11.7 Å². The van der Waals surface area contributed by atoms with Crippen LogP contribution in [0.5, 0.6) is 0 Å². The average Bonchev–Trinajstić information content (AvgIpc) is 2.63. The SMILES string of the molecule is O=C(Cc1cc(F)ccc1Cl)CC1CCS(=O)(=O)C1. The van der Waals surface area contributed by atoms with Crippen molar-refractivity contribution in [2.24, 2.45) is 5.92 Å². The van der Waals surface area contributed by atoms with Gasteiger partial charge in [-0.1, -0.05) is 11.6 Å². The Labute approximate surface area is 116 Å². The van der Waals surface area contributed by atoms with Crippen LogP contribution in [0.4, 0.5) is 4.39 Å². The van der Waals surface area contributed by atoms with Crippen molar-refractivity contribution in [1.82, 2.24) is 0 Å². The summed E-state index contributed by atoms with van der Waals surface area (Å²) < 4.78 is 35.6. The molecular formula is C13H14ClFO3S. The summed E-state index contributed by atoms with van der Waals surface area (Å²) in [4.78, 5) is 11.9. The molecule has 0 bridgehead atoms. The lowest BCUT2D eigenvalue weighted by Gasteiger charge is -2.07. The Bertz CT molecular complexity index is 598. The maximum absolute atomic E-state index is 13.1. The molecule has 0 amide bonds. The molecule has 0 aromatic heterocycles. The van der Waals surface area contributed by atoms with E-state index < -0.39 is 15.7 Å². The summed E-state index contributed by atoms with van der Waals surface area (Å²) in [5, 5.41) is 0.355. The van der Waals surface area contributed by atoms with Crippen molar-refractivity contribution in [1.29, 1.82) is 0 Å². The molecule has 1 fully saturated rings. The van der Waals surface area contributed by atoms with E-state index in [1.165, 1.54) is 18.2 Å². The molecule has 1 aliphatic rings. The lowest BCUT2D eigenvalue weighted by atomic mass is 9.98. The van der Waals surface area contributed by atoms with E-state index in [-0.39, 0.29) is 36.0 Å². The van der Waals surface area contributed by atoms with E-state index >= 15 is 0 Å². The molecule has 0 spiro atoms. The number of sulfone groups is 1. The van der Waals surface area contributed by atoms with Gasteiger partial charge in [-0.15, -0.1) is 0 Å². The van der Waals surface area contributed by atoms with Crippen molar-refractivity contribution >= 4 is 27.2 Å². The normalized spacial score (nSPS) is 21.5. The largest absolute Gasteiger partial charge is 0.299 e. The summed E-state index contributed by atoms with van der Waals surface area (Å²) in [5.41, 5.74) is 0.451. The second-order valence-electron chi connectivity index (χ2n) is 4.92. The molecule has 6 heteroatoms.